The van der Waals surface area contributed by atoms with Gasteiger partial charge in [-0.05, 0) is 63.8 Å². The summed E-state index contributed by atoms with van der Waals surface area (Å²) in [5.41, 5.74) is 6.17. The number of anilines is 1. The van der Waals surface area contributed by atoms with Crippen molar-refractivity contribution in [3.05, 3.63) is 52.8 Å². The highest BCUT2D eigenvalue weighted by Gasteiger charge is 2.17. The van der Waals surface area contributed by atoms with Gasteiger partial charge < -0.3 is 10.2 Å². The molecule has 1 aliphatic rings. The van der Waals surface area contributed by atoms with Crippen LogP contribution in [0.25, 0.3) is 10.9 Å². The van der Waals surface area contributed by atoms with E-state index < -0.39 is 0 Å². The van der Waals surface area contributed by atoms with Gasteiger partial charge in [0.1, 0.15) is 5.82 Å². The van der Waals surface area contributed by atoms with E-state index >= 15 is 0 Å². The quantitative estimate of drug-likeness (QED) is 0.662. The van der Waals surface area contributed by atoms with Gasteiger partial charge in [-0.25, -0.2) is 4.98 Å². The Labute approximate surface area is 167 Å². The van der Waals surface area contributed by atoms with Crippen LogP contribution in [0.3, 0.4) is 0 Å². The molecule has 3 heterocycles. The average Bonchev–Trinajstić information content (AvgIpc) is 2.97. The molecule has 0 unspecified atom stereocenters. The van der Waals surface area contributed by atoms with Crippen molar-refractivity contribution in [2.24, 2.45) is 7.05 Å². The number of hydrogen-bond acceptors (Lipinski definition) is 4. The van der Waals surface area contributed by atoms with Crippen LogP contribution < -0.4 is 10.2 Å². The highest BCUT2D eigenvalue weighted by Crippen LogP contribution is 2.26. The lowest BCUT2D eigenvalue weighted by Crippen LogP contribution is -2.32. The molecule has 0 aliphatic carbocycles. The largest absolute Gasteiger partial charge is 0.356 e. The van der Waals surface area contributed by atoms with Crippen LogP contribution in [0.4, 0.5) is 5.82 Å². The number of nitrogens with zero attached hydrogens (tertiary/aromatic N) is 4. The number of benzene rings is 1. The standard InChI is InChI=1S/C23H31N5/c1-17-21(18(2)27(3)26-17)11-12-24-16-20-15-19-9-5-6-10-22(19)25-23(20)28-13-7-4-8-14-28/h5-6,9-10,15,24H,4,7-8,11-14,16H2,1-3H3. The van der Waals surface area contributed by atoms with Crippen molar-refractivity contribution < 1.29 is 0 Å². The van der Waals surface area contributed by atoms with Crippen LogP contribution in [0.1, 0.15) is 41.8 Å². The fraction of sp³-hybridized carbons (Fsp3) is 0.478. The van der Waals surface area contributed by atoms with Gasteiger partial charge in [0.25, 0.3) is 0 Å². The molecule has 5 nitrogen and oxygen atoms in total. The third-order valence-electron chi connectivity index (χ3n) is 5.96. The van der Waals surface area contributed by atoms with E-state index in [1.54, 1.807) is 0 Å². The van der Waals surface area contributed by atoms with Crippen molar-refractivity contribution in [3.63, 3.8) is 0 Å². The predicted molar refractivity (Wildman–Crippen MR) is 116 cm³/mol. The van der Waals surface area contributed by atoms with E-state index in [-0.39, 0.29) is 0 Å². The molecule has 0 atom stereocenters. The van der Waals surface area contributed by atoms with Crippen molar-refractivity contribution in [3.8, 4) is 0 Å². The molecule has 1 N–H and O–H groups in total. The monoisotopic (exact) mass is 377 g/mol. The summed E-state index contributed by atoms with van der Waals surface area (Å²) in [6, 6.07) is 10.8. The number of hydrogen-bond donors (Lipinski definition) is 1. The van der Waals surface area contributed by atoms with Crippen molar-refractivity contribution in [1.29, 1.82) is 0 Å². The topological polar surface area (TPSA) is 46.0 Å². The van der Waals surface area contributed by atoms with Gasteiger partial charge in [0.2, 0.25) is 0 Å². The Hall–Kier alpha value is -2.40. The average molecular weight is 378 g/mol. The third kappa shape index (κ3) is 3.90. The fourth-order valence-electron chi connectivity index (χ4n) is 4.27. The molecular formula is C23H31N5. The molecule has 0 spiro atoms. The first-order chi connectivity index (χ1) is 13.6. The molecule has 148 valence electrons. The minimum Gasteiger partial charge on any atom is -0.356 e. The number of fused-ring (bicyclic) bond motifs is 1. The fourth-order valence-corrected chi connectivity index (χ4v) is 4.27. The zero-order valence-corrected chi connectivity index (χ0v) is 17.3. The summed E-state index contributed by atoms with van der Waals surface area (Å²) in [7, 11) is 2.02. The second-order valence-electron chi connectivity index (χ2n) is 7.91. The van der Waals surface area contributed by atoms with E-state index in [1.807, 2.05) is 11.7 Å². The van der Waals surface area contributed by atoms with Crippen LogP contribution in [0, 0.1) is 13.8 Å². The van der Waals surface area contributed by atoms with Crippen LogP contribution in [-0.4, -0.2) is 34.4 Å². The smallest absolute Gasteiger partial charge is 0.133 e. The molecule has 0 amide bonds. The molecule has 0 bridgehead atoms. The van der Waals surface area contributed by atoms with Gasteiger partial charge in [0.15, 0.2) is 0 Å². The Morgan fingerprint density at radius 2 is 1.86 bits per heavy atom. The van der Waals surface area contributed by atoms with Crippen LogP contribution in [0.5, 0.6) is 0 Å². The van der Waals surface area contributed by atoms with Gasteiger partial charge in [0.05, 0.1) is 11.2 Å². The lowest BCUT2D eigenvalue weighted by atomic mass is 10.1. The number of pyridine rings is 1. The SMILES string of the molecule is Cc1nn(C)c(C)c1CCNCc1cc2ccccc2nc1N1CCCCC1. The van der Waals surface area contributed by atoms with E-state index in [2.05, 4.69) is 59.5 Å². The first-order valence-electron chi connectivity index (χ1n) is 10.5. The van der Waals surface area contributed by atoms with Gasteiger partial charge >= 0.3 is 0 Å². The normalized spacial score (nSPS) is 14.8. The Kier molecular flexibility index (Phi) is 5.62. The first-order valence-corrected chi connectivity index (χ1v) is 10.5. The summed E-state index contributed by atoms with van der Waals surface area (Å²) >= 11 is 0. The highest BCUT2D eigenvalue weighted by molar-refractivity contribution is 5.81. The summed E-state index contributed by atoms with van der Waals surface area (Å²) in [6.07, 6.45) is 4.87. The molecule has 0 radical (unpaired) electrons. The predicted octanol–water partition coefficient (Wildman–Crippen LogP) is 3.91. The van der Waals surface area contributed by atoms with Crippen molar-refractivity contribution in [2.45, 2.75) is 46.1 Å². The maximum atomic E-state index is 5.04. The number of rotatable bonds is 6. The summed E-state index contributed by atoms with van der Waals surface area (Å²) in [5.74, 6) is 1.17. The molecule has 3 aromatic rings. The van der Waals surface area contributed by atoms with Crippen molar-refractivity contribution in [2.75, 3.05) is 24.5 Å². The van der Waals surface area contributed by atoms with E-state index in [9.17, 15) is 0 Å². The zero-order chi connectivity index (χ0) is 19.5. The van der Waals surface area contributed by atoms with Crippen molar-refractivity contribution in [1.82, 2.24) is 20.1 Å². The van der Waals surface area contributed by atoms with E-state index in [0.29, 0.717) is 0 Å². The summed E-state index contributed by atoms with van der Waals surface area (Å²) in [6.45, 7) is 8.28. The van der Waals surface area contributed by atoms with Gasteiger partial charge in [-0.2, -0.15) is 5.10 Å². The first kappa shape index (κ1) is 18.9. The molecule has 1 saturated heterocycles. The Morgan fingerprint density at radius 3 is 2.61 bits per heavy atom. The lowest BCUT2D eigenvalue weighted by Gasteiger charge is -2.30. The van der Waals surface area contributed by atoms with Crippen molar-refractivity contribution >= 4 is 16.7 Å². The van der Waals surface area contributed by atoms with E-state index in [0.717, 1.165) is 43.8 Å². The molecule has 1 aromatic carbocycles. The Morgan fingerprint density at radius 1 is 1.07 bits per heavy atom. The minimum atomic E-state index is 0.849. The summed E-state index contributed by atoms with van der Waals surface area (Å²) < 4.78 is 1.98. The molecule has 2 aromatic heterocycles. The number of aromatic nitrogens is 3. The Balaban J connectivity index is 1.50. The summed E-state index contributed by atoms with van der Waals surface area (Å²) in [5, 5.41) is 9.40. The molecule has 28 heavy (non-hydrogen) atoms. The number of para-hydroxylation sites is 1. The second kappa shape index (κ2) is 8.31. The van der Waals surface area contributed by atoms with Crippen LogP contribution in [-0.2, 0) is 20.0 Å². The van der Waals surface area contributed by atoms with Crippen LogP contribution >= 0.6 is 0 Å². The minimum absolute atomic E-state index is 0.849. The lowest BCUT2D eigenvalue weighted by molar-refractivity contribution is 0.570. The molecular weight excluding hydrogens is 346 g/mol. The van der Waals surface area contributed by atoms with Crippen LogP contribution in [0.2, 0.25) is 0 Å². The molecule has 4 rings (SSSR count). The third-order valence-corrected chi connectivity index (χ3v) is 5.96. The zero-order valence-electron chi connectivity index (χ0n) is 17.3. The maximum Gasteiger partial charge on any atom is 0.133 e. The van der Waals surface area contributed by atoms with Crippen LogP contribution in [0.15, 0.2) is 30.3 Å². The Bertz CT molecular complexity index is 953. The highest BCUT2D eigenvalue weighted by atomic mass is 15.3. The summed E-state index contributed by atoms with van der Waals surface area (Å²) in [4.78, 5) is 7.51. The second-order valence-corrected chi connectivity index (χ2v) is 7.91. The molecule has 1 fully saturated rings. The van der Waals surface area contributed by atoms with Gasteiger partial charge in [-0.15, -0.1) is 0 Å². The molecule has 1 aliphatic heterocycles. The number of piperidine rings is 1. The maximum absolute atomic E-state index is 5.04. The van der Waals surface area contributed by atoms with E-state index in [4.69, 9.17) is 4.98 Å². The van der Waals surface area contributed by atoms with Gasteiger partial charge in [0, 0.05) is 43.3 Å². The number of aryl methyl sites for hydroxylation is 2. The number of nitrogens with one attached hydrogen (secondary N) is 1. The molecule has 5 heteroatoms. The molecule has 0 saturated carbocycles. The van der Waals surface area contributed by atoms with Gasteiger partial charge in [-0.1, -0.05) is 18.2 Å². The van der Waals surface area contributed by atoms with Gasteiger partial charge in [-0.3, -0.25) is 4.68 Å². The van der Waals surface area contributed by atoms with E-state index in [1.165, 1.54) is 47.3 Å².